The van der Waals surface area contributed by atoms with E-state index in [1.807, 2.05) is 13.8 Å². The Kier molecular flexibility index (Phi) is 16.9. The van der Waals surface area contributed by atoms with Crippen molar-refractivity contribution >= 4 is 47.3 Å². The molecule has 48 heavy (non-hydrogen) atoms. The Morgan fingerprint density at radius 1 is 0.771 bits per heavy atom. The number of nitrogens with one attached hydrogen (secondary N) is 4. The van der Waals surface area contributed by atoms with Crippen LogP contribution < -0.4 is 38.5 Å². The maximum Gasteiger partial charge on any atom is 0.328 e. The Morgan fingerprint density at radius 3 is 1.77 bits per heavy atom. The van der Waals surface area contributed by atoms with Crippen molar-refractivity contribution in [3.05, 3.63) is 0 Å². The van der Waals surface area contributed by atoms with Gasteiger partial charge in [-0.25, -0.2) is 4.79 Å². The second-order valence-corrected chi connectivity index (χ2v) is 13.0. The maximum absolute atomic E-state index is 13.6. The molecular formula is C30H52N8O10. The molecule has 1 heterocycles. The van der Waals surface area contributed by atoms with Gasteiger partial charge in [-0.15, -0.1) is 0 Å². The normalized spacial score (nSPS) is 18.2. The van der Waals surface area contributed by atoms with E-state index in [-0.39, 0.29) is 50.5 Å². The molecule has 0 unspecified atom stereocenters. The van der Waals surface area contributed by atoms with E-state index >= 15 is 0 Å². The molecule has 0 aliphatic carbocycles. The van der Waals surface area contributed by atoms with Crippen LogP contribution >= 0.6 is 0 Å². The standard InChI is InChI=1S/C30H52N8O10/c1-14(2)11-19(26(43)35-20(12-15(3)4)27(44)37-24(16(5)39)30(47)48)36-28(45)21-7-6-10-38(21)29(46)18(8-9-22(32)40)34-25(42)17(31)13-23(33)41/h14-21,24,39H,6-13,31H2,1-5H3,(H2,32,40)(H2,33,41)(H,34,42)(H,35,43)(H,36,45)(H,37,44)(H,47,48)/t16-,17+,18+,19+,20+,21+,24+/m1/s1. The molecule has 7 atom stereocenters. The Hall–Kier alpha value is -4.32. The quantitative estimate of drug-likeness (QED) is 0.0620. The predicted molar refractivity (Wildman–Crippen MR) is 171 cm³/mol. The third-order valence-corrected chi connectivity index (χ3v) is 7.62. The molecule has 0 aromatic carbocycles. The van der Waals surface area contributed by atoms with Gasteiger partial charge in [-0.2, -0.15) is 0 Å². The number of rotatable bonds is 20. The first-order valence-electron chi connectivity index (χ1n) is 16.0. The van der Waals surface area contributed by atoms with Gasteiger partial charge in [0.25, 0.3) is 0 Å². The van der Waals surface area contributed by atoms with Gasteiger partial charge in [-0.1, -0.05) is 27.7 Å². The summed E-state index contributed by atoms with van der Waals surface area (Å²) in [4.78, 5) is 102. The number of aliphatic hydroxyl groups excluding tert-OH is 1. The zero-order valence-electron chi connectivity index (χ0n) is 28.2. The maximum atomic E-state index is 13.6. The molecule has 272 valence electrons. The molecule has 12 N–H and O–H groups in total. The number of carbonyl (C=O) groups is 8. The van der Waals surface area contributed by atoms with Gasteiger partial charge < -0.3 is 53.6 Å². The summed E-state index contributed by atoms with van der Waals surface area (Å²) in [5, 5.41) is 29.1. The SMILES string of the molecule is CC(C)C[C@H](NC(=O)[C@H](CC(C)C)NC(=O)[C@@H]1CCCN1C(=O)[C@H](CCC(N)=O)NC(=O)[C@@H](N)CC(N)=O)C(=O)N[C@H](C(=O)O)[C@@H](C)O. The number of carbonyl (C=O) groups excluding carboxylic acids is 7. The van der Waals surface area contributed by atoms with Gasteiger partial charge >= 0.3 is 5.97 Å². The minimum atomic E-state index is -1.61. The number of aliphatic hydroxyl groups is 1. The Bertz CT molecular complexity index is 1190. The molecule has 1 fully saturated rings. The summed E-state index contributed by atoms with van der Waals surface area (Å²) < 4.78 is 0. The number of aliphatic carboxylic acids is 1. The van der Waals surface area contributed by atoms with Crippen LogP contribution in [0.25, 0.3) is 0 Å². The number of nitrogens with two attached hydrogens (primary N) is 3. The molecule has 0 bridgehead atoms. The first-order valence-corrected chi connectivity index (χ1v) is 16.0. The van der Waals surface area contributed by atoms with Crippen LogP contribution in [0.5, 0.6) is 0 Å². The smallest absolute Gasteiger partial charge is 0.328 e. The van der Waals surface area contributed by atoms with Crippen LogP contribution in [0, 0.1) is 11.8 Å². The highest BCUT2D eigenvalue weighted by Crippen LogP contribution is 2.21. The molecular weight excluding hydrogens is 632 g/mol. The van der Waals surface area contributed by atoms with Crippen molar-refractivity contribution in [3.63, 3.8) is 0 Å². The number of primary amides is 2. The summed E-state index contributed by atoms with van der Waals surface area (Å²) in [5.41, 5.74) is 16.1. The van der Waals surface area contributed by atoms with Crippen molar-refractivity contribution in [1.29, 1.82) is 0 Å². The van der Waals surface area contributed by atoms with Crippen molar-refractivity contribution in [2.45, 2.75) is 122 Å². The Labute approximate surface area is 279 Å². The molecule has 0 spiro atoms. The third-order valence-electron chi connectivity index (χ3n) is 7.62. The molecule has 0 radical (unpaired) electrons. The summed E-state index contributed by atoms with van der Waals surface area (Å²) >= 11 is 0. The van der Waals surface area contributed by atoms with E-state index in [0.29, 0.717) is 6.42 Å². The van der Waals surface area contributed by atoms with Crippen molar-refractivity contribution in [2.24, 2.45) is 29.0 Å². The number of amides is 7. The van der Waals surface area contributed by atoms with E-state index in [4.69, 9.17) is 17.2 Å². The number of likely N-dealkylation sites (tertiary alicyclic amines) is 1. The van der Waals surface area contributed by atoms with Crippen molar-refractivity contribution in [3.8, 4) is 0 Å². The van der Waals surface area contributed by atoms with Crippen LogP contribution in [0.4, 0.5) is 0 Å². The predicted octanol–water partition coefficient (Wildman–Crippen LogP) is -3.06. The number of carboxylic acid groups (broad SMARTS) is 1. The van der Waals surface area contributed by atoms with Crippen LogP contribution in [0.1, 0.15) is 79.6 Å². The van der Waals surface area contributed by atoms with Gasteiger partial charge in [0.15, 0.2) is 6.04 Å². The molecule has 18 heteroatoms. The second kappa shape index (κ2) is 19.5. The van der Waals surface area contributed by atoms with Crippen molar-refractivity contribution in [2.75, 3.05) is 6.54 Å². The van der Waals surface area contributed by atoms with Crippen LogP contribution in [0.3, 0.4) is 0 Å². The average molecular weight is 685 g/mol. The summed E-state index contributed by atoms with van der Waals surface area (Å²) in [6, 6.07) is -7.67. The number of hydrogen-bond donors (Lipinski definition) is 9. The van der Waals surface area contributed by atoms with Crippen molar-refractivity contribution in [1.82, 2.24) is 26.2 Å². The second-order valence-electron chi connectivity index (χ2n) is 13.0. The fourth-order valence-corrected chi connectivity index (χ4v) is 5.22. The van der Waals surface area contributed by atoms with Gasteiger partial charge in [-0.3, -0.25) is 33.6 Å². The number of nitrogens with zero attached hydrogens (tertiary/aromatic N) is 1. The number of hydrogen-bond acceptors (Lipinski definition) is 10. The van der Waals surface area contributed by atoms with Gasteiger partial charge in [0.2, 0.25) is 41.4 Å². The summed E-state index contributed by atoms with van der Waals surface area (Å²) in [7, 11) is 0. The Morgan fingerprint density at radius 2 is 1.29 bits per heavy atom. The van der Waals surface area contributed by atoms with Gasteiger partial charge in [0.1, 0.15) is 24.2 Å². The van der Waals surface area contributed by atoms with Crippen LogP contribution in [-0.2, 0) is 38.4 Å². The van der Waals surface area contributed by atoms with Crippen molar-refractivity contribution < 1.29 is 48.6 Å². The zero-order valence-corrected chi connectivity index (χ0v) is 28.2. The molecule has 1 aliphatic rings. The molecule has 0 saturated carbocycles. The monoisotopic (exact) mass is 684 g/mol. The number of carboxylic acids is 1. The highest BCUT2D eigenvalue weighted by atomic mass is 16.4. The molecule has 7 amide bonds. The minimum absolute atomic E-state index is 0.107. The topological polar surface area (TPSA) is 306 Å². The van der Waals surface area contributed by atoms with E-state index in [9.17, 15) is 48.6 Å². The van der Waals surface area contributed by atoms with Crippen LogP contribution in [0.15, 0.2) is 0 Å². The van der Waals surface area contributed by atoms with E-state index in [0.717, 1.165) is 0 Å². The van der Waals surface area contributed by atoms with E-state index < -0.39 is 96.1 Å². The summed E-state index contributed by atoms with van der Waals surface area (Å²) in [6.45, 7) is 8.53. The lowest BCUT2D eigenvalue weighted by molar-refractivity contribution is -0.145. The molecule has 1 aliphatic heterocycles. The first-order chi connectivity index (χ1) is 22.2. The third kappa shape index (κ3) is 13.8. The van der Waals surface area contributed by atoms with E-state index in [1.165, 1.54) is 11.8 Å². The van der Waals surface area contributed by atoms with Gasteiger partial charge in [0.05, 0.1) is 18.6 Å². The van der Waals surface area contributed by atoms with Crippen LogP contribution in [-0.4, -0.2) is 111 Å². The lowest BCUT2D eigenvalue weighted by Gasteiger charge is -2.31. The highest BCUT2D eigenvalue weighted by Gasteiger charge is 2.40. The molecule has 18 nitrogen and oxygen atoms in total. The summed E-state index contributed by atoms with van der Waals surface area (Å²) in [6.07, 6.45) is -1.48. The highest BCUT2D eigenvalue weighted by molar-refractivity contribution is 5.97. The summed E-state index contributed by atoms with van der Waals surface area (Å²) in [5.74, 6) is -7.03. The lowest BCUT2D eigenvalue weighted by Crippen LogP contribution is -2.59. The minimum Gasteiger partial charge on any atom is -0.480 e. The Balaban J connectivity index is 3.20. The fraction of sp³-hybridized carbons (Fsp3) is 0.733. The molecule has 0 aromatic rings. The molecule has 1 rings (SSSR count). The van der Waals surface area contributed by atoms with Gasteiger partial charge in [0, 0.05) is 13.0 Å². The molecule has 0 aromatic heterocycles. The first kappa shape index (κ1) is 41.7. The fourth-order valence-electron chi connectivity index (χ4n) is 5.22. The average Bonchev–Trinajstić information content (AvgIpc) is 3.45. The largest absolute Gasteiger partial charge is 0.480 e. The van der Waals surface area contributed by atoms with Gasteiger partial charge in [-0.05, 0) is 50.9 Å². The molecule has 1 saturated heterocycles. The van der Waals surface area contributed by atoms with Crippen LogP contribution in [0.2, 0.25) is 0 Å². The van der Waals surface area contributed by atoms with E-state index in [2.05, 4.69) is 21.3 Å². The zero-order chi connectivity index (χ0) is 36.9. The lowest BCUT2D eigenvalue weighted by atomic mass is 9.99. The van der Waals surface area contributed by atoms with E-state index in [1.54, 1.807) is 13.8 Å².